The summed E-state index contributed by atoms with van der Waals surface area (Å²) in [6.07, 6.45) is -2.66. The molecular formula is C45H63F3N10O9S4. The molecule has 2 fully saturated rings. The second kappa shape index (κ2) is 23.5. The summed E-state index contributed by atoms with van der Waals surface area (Å²) in [5, 5.41) is 10.2. The number of benzene rings is 2. The van der Waals surface area contributed by atoms with E-state index in [2.05, 4.69) is 45.2 Å². The molecule has 26 heteroatoms. The quantitative estimate of drug-likeness (QED) is 0.102. The number of nitrogens with one attached hydrogen (secondary N) is 5. The van der Waals surface area contributed by atoms with Gasteiger partial charge in [-0.05, 0) is 86.6 Å². The highest BCUT2D eigenvalue weighted by Gasteiger charge is 2.31. The normalized spacial score (nSPS) is 14.9. The Labute approximate surface area is 421 Å². The number of ether oxygens (including phenoxy) is 1. The van der Waals surface area contributed by atoms with Crippen LogP contribution in [0.2, 0.25) is 0 Å². The number of halogens is 3. The number of carbonyl (C=O) groups excluding carboxylic acids is 4. The molecule has 0 bridgehead atoms. The third kappa shape index (κ3) is 18.7. The summed E-state index contributed by atoms with van der Waals surface area (Å²) >= 11 is 2.85. The number of anilines is 4. The Kier molecular flexibility index (Phi) is 19.3. The Morgan fingerprint density at radius 2 is 1.04 bits per heavy atom. The molecule has 2 saturated heterocycles. The van der Waals surface area contributed by atoms with E-state index in [1.54, 1.807) is 83.1 Å². The minimum Gasteiger partial charge on any atom is -0.444 e. The lowest BCUT2D eigenvalue weighted by molar-refractivity contribution is -0.156. The number of aldehydes is 1. The molecule has 0 saturated carbocycles. The largest absolute Gasteiger partial charge is 0.446 e. The number of nitrogens with zero attached hydrogens (tertiary/aromatic N) is 5. The fraction of sp³-hybridized carbons (Fsp3) is 0.511. The highest BCUT2D eigenvalue weighted by molar-refractivity contribution is 7.90. The van der Waals surface area contributed by atoms with Crippen LogP contribution in [0.4, 0.5) is 39.6 Å². The third-order valence-electron chi connectivity index (χ3n) is 9.31. The van der Waals surface area contributed by atoms with Gasteiger partial charge in [0, 0.05) is 112 Å². The number of amides is 3. The fourth-order valence-electron chi connectivity index (χ4n) is 6.71. The topological polar surface area (TPSA) is 241 Å². The van der Waals surface area contributed by atoms with Gasteiger partial charge in [0.1, 0.15) is 5.60 Å². The van der Waals surface area contributed by atoms with Crippen molar-refractivity contribution in [2.45, 2.75) is 109 Å². The van der Waals surface area contributed by atoms with Gasteiger partial charge in [0.25, 0.3) is 0 Å². The summed E-state index contributed by atoms with van der Waals surface area (Å²) in [6.45, 7) is 24.7. The van der Waals surface area contributed by atoms with Gasteiger partial charge in [-0.1, -0.05) is 34.8 Å². The third-order valence-corrected chi connectivity index (χ3v) is 15.1. The maximum Gasteiger partial charge on any atom is 0.446 e. The van der Waals surface area contributed by atoms with E-state index < -0.39 is 49.2 Å². The van der Waals surface area contributed by atoms with Gasteiger partial charge in [-0.3, -0.25) is 14.4 Å². The average Bonchev–Trinajstić information content (AvgIpc) is 3.93. The van der Waals surface area contributed by atoms with Crippen LogP contribution in [0.1, 0.15) is 76.2 Å². The molecule has 2 aromatic carbocycles. The predicted molar refractivity (Wildman–Crippen MR) is 271 cm³/mol. The molecule has 2 aliphatic rings. The van der Waals surface area contributed by atoms with Crippen molar-refractivity contribution in [2.24, 2.45) is 0 Å². The van der Waals surface area contributed by atoms with Crippen molar-refractivity contribution in [1.82, 2.24) is 29.6 Å². The molecule has 6 rings (SSSR count). The lowest BCUT2D eigenvalue weighted by Crippen LogP contribution is -2.50. The van der Waals surface area contributed by atoms with E-state index in [1.165, 1.54) is 48.7 Å². The molecule has 0 aliphatic carbocycles. The molecule has 3 amide bonds. The zero-order valence-corrected chi connectivity index (χ0v) is 44.8. The second-order valence-corrected chi connectivity index (χ2v) is 24.7. The molecule has 0 atom stereocenters. The van der Waals surface area contributed by atoms with Crippen LogP contribution in [-0.2, 0) is 39.2 Å². The minimum absolute atomic E-state index is 0.0635. The van der Waals surface area contributed by atoms with Crippen LogP contribution in [0, 0.1) is 0 Å². The first-order valence-electron chi connectivity index (χ1n) is 22.2. The standard InChI is InChI=1S/C24H35N5O5S2.C19H27N5O3S2.C2HF3O/c1-16(30)26-17-8-9-18(20(14-17)36(32,33)27-23(2,3)4)19-15-25-21(35-19)28-10-12-29(13-11-28)22(31)34-24(5,6)7;1-13(25)22-14-5-6-15(17(11-14)29(26,27)23-19(2,3)4)16-12-21-18(28-16)24-9-7-20-8-10-24;3-2(4,5)1-6/h8-9,14-15,27H,10-13H2,1-7H3,(H,26,30);5-6,11-12,20,23H,7-10H2,1-4H3,(H,22,25);1H. The molecule has 2 aromatic heterocycles. The number of hydrogen-bond donors (Lipinski definition) is 5. The number of piperazine rings is 2. The van der Waals surface area contributed by atoms with Crippen LogP contribution >= 0.6 is 22.7 Å². The summed E-state index contributed by atoms with van der Waals surface area (Å²) in [5.74, 6) is -0.552. The van der Waals surface area contributed by atoms with Crippen LogP contribution < -0.4 is 35.2 Å². The zero-order chi connectivity index (χ0) is 53.3. The van der Waals surface area contributed by atoms with E-state index in [9.17, 15) is 44.4 Å². The molecule has 2 aliphatic heterocycles. The number of hydrogen-bond acceptors (Lipinski definition) is 16. The second-order valence-electron chi connectivity index (χ2n) is 19.4. The van der Waals surface area contributed by atoms with E-state index >= 15 is 0 Å². The average molecular weight is 1070 g/mol. The number of sulfonamides is 2. The first-order chi connectivity index (χ1) is 32.6. The number of alkyl halides is 3. The van der Waals surface area contributed by atoms with Gasteiger partial charge in [-0.2, -0.15) is 13.2 Å². The number of aromatic nitrogens is 2. The van der Waals surface area contributed by atoms with E-state index in [0.717, 1.165) is 41.3 Å². The van der Waals surface area contributed by atoms with Gasteiger partial charge >= 0.3 is 12.3 Å². The van der Waals surface area contributed by atoms with Gasteiger partial charge < -0.3 is 35.4 Å². The number of rotatable bonds is 10. The summed E-state index contributed by atoms with van der Waals surface area (Å²) < 4.78 is 94.9. The Morgan fingerprint density at radius 3 is 1.38 bits per heavy atom. The first kappa shape index (κ1) is 58.3. The zero-order valence-electron chi connectivity index (χ0n) is 41.5. The van der Waals surface area contributed by atoms with Gasteiger partial charge in [0.15, 0.2) is 10.3 Å². The smallest absolute Gasteiger partial charge is 0.444 e. The summed E-state index contributed by atoms with van der Waals surface area (Å²) in [6, 6.07) is 9.74. The van der Waals surface area contributed by atoms with Crippen LogP contribution in [0.3, 0.4) is 0 Å². The highest BCUT2D eigenvalue weighted by atomic mass is 32.2. The lowest BCUT2D eigenvalue weighted by atomic mass is 10.1. The molecule has 71 heavy (non-hydrogen) atoms. The Hall–Kier alpha value is -5.25. The van der Waals surface area contributed by atoms with Crippen molar-refractivity contribution < 1.29 is 53.9 Å². The fourth-order valence-corrected chi connectivity index (χ4v) is 12.2. The maximum absolute atomic E-state index is 13.3. The van der Waals surface area contributed by atoms with Gasteiger partial charge in [0.05, 0.1) is 19.5 Å². The summed E-state index contributed by atoms with van der Waals surface area (Å²) in [5.41, 5.74) is 0.0121. The molecule has 19 nitrogen and oxygen atoms in total. The first-order valence-corrected chi connectivity index (χ1v) is 26.8. The Morgan fingerprint density at radius 1 is 0.662 bits per heavy atom. The van der Waals surface area contributed by atoms with Gasteiger partial charge in [0.2, 0.25) is 38.1 Å². The van der Waals surface area contributed by atoms with Crippen molar-refractivity contribution in [3.8, 4) is 20.9 Å². The van der Waals surface area contributed by atoms with E-state index in [4.69, 9.17) is 9.53 Å². The highest BCUT2D eigenvalue weighted by Crippen LogP contribution is 2.39. The van der Waals surface area contributed by atoms with E-state index in [-0.39, 0.29) is 27.7 Å². The van der Waals surface area contributed by atoms with Crippen LogP contribution in [0.25, 0.3) is 20.9 Å². The molecule has 0 radical (unpaired) electrons. The molecule has 5 N–H and O–H groups in total. The Balaban J connectivity index is 0.000000281. The van der Waals surface area contributed by atoms with Gasteiger partial charge in [-0.15, -0.1) is 0 Å². The summed E-state index contributed by atoms with van der Waals surface area (Å²) in [4.78, 5) is 60.7. The number of thiazole rings is 2. The molecule has 0 spiro atoms. The molecule has 4 heterocycles. The summed E-state index contributed by atoms with van der Waals surface area (Å²) in [7, 11) is -7.71. The van der Waals surface area contributed by atoms with E-state index in [1.807, 2.05) is 20.8 Å². The SMILES string of the molecule is CC(=O)Nc1ccc(-c2cnc(N3CCN(C(=O)OC(C)(C)C)CC3)s2)c(S(=O)(=O)NC(C)(C)C)c1.CC(=O)Nc1ccc(-c2cnc(N3CCNCC3)s2)c(S(=O)(=O)NC(C)(C)C)c1.O=CC(F)(F)F. The van der Waals surface area contributed by atoms with Gasteiger partial charge in [-0.25, -0.2) is 41.0 Å². The molecule has 0 unspecified atom stereocenters. The molecular weight excluding hydrogens is 1010 g/mol. The van der Waals surface area contributed by atoms with Crippen molar-refractivity contribution in [3.05, 3.63) is 48.8 Å². The van der Waals surface area contributed by atoms with Crippen LogP contribution in [0.15, 0.2) is 58.6 Å². The number of carbonyl (C=O) groups is 4. The molecule has 392 valence electrons. The predicted octanol–water partition coefficient (Wildman–Crippen LogP) is 6.90. The van der Waals surface area contributed by atoms with E-state index in [0.29, 0.717) is 53.6 Å². The van der Waals surface area contributed by atoms with Crippen molar-refractivity contribution >= 4 is 88.6 Å². The van der Waals surface area contributed by atoms with Crippen molar-refractivity contribution in [3.63, 3.8) is 0 Å². The van der Waals surface area contributed by atoms with Crippen LogP contribution in [0.5, 0.6) is 0 Å². The van der Waals surface area contributed by atoms with Crippen LogP contribution in [-0.4, -0.2) is 131 Å². The van der Waals surface area contributed by atoms with Crippen molar-refractivity contribution in [1.29, 1.82) is 0 Å². The Bertz CT molecular complexity index is 2730. The lowest BCUT2D eigenvalue weighted by Gasteiger charge is -2.35. The minimum atomic E-state index is -4.64. The van der Waals surface area contributed by atoms with Crippen molar-refractivity contribution in [2.75, 3.05) is 72.8 Å². The monoisotopic (exact) mass is 1070 g/mol. The maximum atomic E-state index is 13.3. The molecule has 4 aromatic rings.